The number of rotatable bonds is 6. The van der Waals surface area contributed by atoms with Gasteiger partial charge < -0.3 is 9.88 Å². The minimum absolute atomic E-state index is 0.0438. The Kier molecular flexibility index (Phi) is 5.46. The molecule has 0 spiro atoms. The molecule has 1 aliphatic rings. The van der Waals surface area contributed by atoms with Crippen LogP contribution in [0.2, 0.25) is 0 Å². The third-order valence-corrected chi connectivity index (χ3v) is 5.49. The molecule has 0 fully saturated rings. The predicted octanol–water partition coefficient (Wildman–Crippen LogP) is 3.21. The number of ketones is 1. The number of aromatic nitrogens is 4. The van der Waals surface area contributed by atoms with E-state index in [1.807, 2.05) is 20.8 Å². The number of hydrogen-bond acceptors (Lipinski definition) is 4. The van der Waals surface area contributed by atoms with Crippen molar-refractivity contribution >= 4 is 11.7 Å². The van der Waals surface area contributed by atoms with Crippen molar-refractivity contribution in [3.63, 3.8) is 0 Å². The van der Waals surface area contributed by atoms with Gasteiger partial charge in [-0.15, -0.1) is 0 Å². The van der Waals surface area contributed by atoms with Gasteiger partial charge >= 0.3 is 0 Å². The number of carbonyl (C=O) groups excluding carboxylic acids is 2. The van der Waals surface area contributed by atoms with Gasteiger partial charge in [-0.05, 0) is 44.6 Å². The smallest absolute Gasteiger partial charge is 0.225 e. The van der Waals surface area contributed by atoms with Crippen molar-refractivity contribution in [2.45, 2.75) is 79.8 Å². The lowest BCUT2D eigenvalue weighted by Gasteiger charge is -2.30. The third-order valence-electron chi connectivity index (χ3n) is 5.49. The maximum absolute atomic E-state index is 13.0. The van der Waals surface area contributed by atoms with Crippen molar-refractivity contribution in [3.05, 3.63) is 34.2 Å². The lowest BCUT2D eigenvalue weighted by Crippen LogP contribution is -2.31. The SMILES string of the molecule is CCCn1c(C)c(CC(=O)N[C@@H](C)c2n[nH]c(C)n2)c2c1CC(C)(C)CC2=O. The summed E-state index contributed by atoms with van der Waals surface area (Å²) in [6.07, 6.45) is 2.58. The van der Waals surface area contributed by atoms with E-state index in [1.54, 1.807) is 0 Å². The van der Waals surface area contributed by atoms with Gasteiger partial charge in [-0.25, -0.2) is 4.98 Å². The van der Waals surface area contributed by atoms with Gasteiger partial charge in [0.25, 0.3) is 0 Å². The van der Waals surface area contributed by atoms with Crippen LogP contribution in [-0.2, 0) is 24.2 Å². The van der Waals surface area contributed by atoms with E-state index in [2.05, 4.69) is 45.8 Å². The quantitative estimate of drug-likeness (QED) is 0.798. The molecular weight excluding hydrogens is 354 g/mol. The predicted molar refractivity (Wildman–Crippen MR) is 107 cm³/mol. The monoisotopic (exact) mass is 385 g/mol. The first kappa shape index (κ1) is 20.3. The largest absolute Gasteiger partial charge is 0.348 e. The number of hydrogen-bond donors (Lipinski definition) is 2. The minimum Gasteiger partial charge on any atom is -0.348 e. The Morgan fingerprint density at radius 2 is 2.04 bits per heavy atom. The van der Waals surface area contributed by atoms with Gasteiger partial charge in [0.05, 0.1) is 12.5 Å². The zero-order chi connectivity index (χ0) is 20.6. The van der Waals surface area contributed by atoms with E-state index in [0.29, 0.717) is 18.1 Å². The van der Waals surface area contributed by atoms with Crippen LogP contribution in [0.15, 0.2) is 0 Å². The van der Waals surface area contributed by atoms with E-state index in [0.717, 1.165) is 41.9 Å². The number of nitrogens with zero attached hydrogens (tertiary/aromatic N) is 3. The summed E-state index contributed by atoms with van der Waals surface area (Å²) in [4.78, 5) is 30.0. The van der Waals surface area contributed by atoms with Crippen LogP contribution in [-0.4, -0.2) is 31.4 Å². The number of aromatic amines is 1. The highest BCUT2D eigenvalue weighted by Crippen LogP contribution is 2.39. The Bertz CT molecular complexity index is 906. The zero-order valence-corrected chi connectivity index (χ0v) is 17.8. The Balaban J connectivity index is 1.87. The molecule has 1 amide bonds. The van der Waals surface area contributed by atoms with Crippen LogP contribution in [0, 0.1) is 19.3 Å². The Labute approximate surface area is 166 Å². The highest BCUT2D eigenvalue weighted by molar-refractivity contribution is 6.01. The summed E-state index contributed by atoms with van der Waals surface area (Å²) >= 11 is 0. The second-order valence-electron chi connectivity index (χ2n) is 8.72. The Morgan fingerprint density at radius 1 is 1.32 bits per heavy atom. The van der Waals surface area contributed by atoms with Gasteiger partial charge in [-0.2, -0.15) is 5.10 Å². The summed E-state index contributed by atoms with van der Waals surface area (Å²) in [5, 5.41) is 9.86. The van der Waals surface area contributed by atoms with Crippen LogP contribution in [0.1, 0.15) is 85.5 Å². The summed E-state index contributed by atoms with van der Waals surface area (Å²) in [5.74, 6) is 1.31. The van der Waals surface area contributed by atoms with Crippen molar-refractivity contribution in [2.75, 3.05) is 0 Å². The summed E-state index contributed by atoms with van der Waals surface area (Å²) in [5.41, 5.74) is 3.75. The highest BCUT2D eigenvalue weighted by atomic mass is 16.1. The molecule has 0 bridgehead atoms. The lowest BCUT2D eigenvalue weighted by molar-refractivity contribution is -0.121. The molecule has 0 unspecified atom stereocenters. The van der Waals surface area contributed by atoms with Crippen LogP contribution < -0.4 is 5.32 Å². The van der Waals surface area contributed by atoms with Crippen molar-refractivity contribution in [2.24, 2.45) is 5.41 Å². The molecule has 2 aromatic rings. The summed E-state index contributed by atoms with van der Waals surface area (Å²) < 4.78 is 2.25. The molecular formula is C21H31N5O2. The molecule has 2 aromatic heterocycles. The molecule has 1 aliphatic carbocycles. The second-order valence-corrected chi connectivity index (χ2v) is 8.72. The van der Waals surface area contributed by atoms with Gasteiger partial charge in [0.15, 0.2) is 11.6 Å². The van der Waals surface area contributed by atoms with Gasteiger partial charge in [0.2, 0.25) is 5.91 Å². The van der Waals surface area contributed by atoms with Crippen LogP contribution in [0.4, 0.5) is 0 Å². The molecule has 7 nitrogen and oxygen atoms in total. The molecule has 1 atom stereocenters. The van der Waals surface area contributed by atoms with E-state index < -0.39 is 0 Å². The standard InChI is InChI=1S/C21H31N5O2/c1-7-8-26-13(3)15(19-16(26)10-21(5,6)11-17(19)27)9-18(28)22-12(2)20-23-14(4)24-25-20/h12H,7-11H2,1-6H3,(H,22,28)(H,23,24,25)/t12-/m0/s1. The molecule has 0 aromatic carbocycles. The fourth-order valence-electron chi connectivity index (χ4n) is 4.22. The Morgan fingerprint density at radius 3 is 2.64 bits per heavy atom. The molecule has 0 saturated carbocycles. The number of aryl methyl sites for hydroxylation is 1. The van der Waals surface area contributed by atoms with E-state index in [9.17, 15) is 9.59 Å². The fourth-order valence-corrected chi connectivity index (χ4v) is 4.22. The summed E-state index contributed by atoms with van der Waals surface area (Å²) in [7, 11) is 0. The third kappa shape index (κ3) is 3.88. The number of H-pyrrole nitrogens is 1. The first-order chi connectivity index (χ1) is 13.1. The molecule has 152 valence electrons. The Hall–Kier alpha value is -2.44. The van der Waals surface area contributed by atoms with Crippen molar-refractivity contribution < 1.29 is 9.59 Å². The molecule has 7 heteroatoms. The zero-order valence-electron chi connectivity index (χ0n) is 17.8. The van der Waals surface area contributed by atoms with Gasteiger partial charge in [-0.3, -0.25) is 14.7 Å². The first-order valence-corrected chi connectivity index (χ1v) is 10.0. The van der Waals surface area contributed by atoms with E-state index in [1.165, 1.54) is 0 Å². The number of amides is 1. The molecule has 2 N–H and O–H groups in total. The van der Waals surface area contributed by atoms with Crippen molar-refractivity contribution in [1.29, 1.82) is 0 Å². The number of Topliss-reactive ketones (excluding diaryl/α,β-unsaturated/α-hetero) is 1. The summed E-state index contributed by atoms with van der Waals surface area (Å²) in [6.45, 7) is 13.0. The van der Waals surface area contributed by atoms with Gasteiger partial charge in [0.1, 0.15) is 5.82 Å². The van der Waals surface area contributed by atoms with Crippen LogP contribution in [0.3, 0.4) is 0 Å². The topological polar surface area (TPSA) is 92.7 Å². The van der Waals surface area contributed by atoms with Crippen LogP contribution >= 0.6 is 0 Å². The maximum Gasteiger partial charge on any atom is 0.225 e. The van der Waals surface area contributed by atoms with E-state index >= 15 is 0 Å². The second kappa shape index (κ2) is 7.53. The molecule has 0 saturated heterocycles. The van der Waals surface area contributed by atoms with Crippen molar-refractivity contribution in [3.8, 4) is 0 Å². The maximum atomic E-state index is 13.0. The van der Waals surface area contributed by atoms with Crippen LogP contribution in [0.25, 0.3) is 0 Å². The average molecular weight is 386 g/mol. The van der Waals surface area contributed by atoms with E-state index in [4.69, 9.17) is 0 Å². The fraction of sp³-hybridized carbons (Fsp3) is 0.619. The average Bonchev–Trinajstić information content (AvgIpc) is 3.12. The molecule has 0 aliphatic heterocycles. The van der Waals surface area contributed by atoms with Crippen molar-refractivity contribution in [1.82, 2.24) is 25.1 Å². The van der Waals surface area contributed by atoms with Gasteiger partial charge in [-0.1, -0.05) is 20.8 Å². The van der Waals surface area contributed by atoms with Crippen LogP contribution in [0.5, 0.6) is 0 Å². The van der Waals surface area contributed by atoms with Gasteiger partial charge in [0, 0.05) is 29.9 Å². The van der Waals surface area contributed by atoms with E-state index in [-0.39, 0.29) is 29.6 Å². The molecule has 2 heterocycles. The molecule has 28 heavy (non-hydrogen) atoms. The normalized spacial score (nSPS) is 16.7. The number of carbonyl (C=O) groups is 2. The number of fused-ring (bicyclic) bond motifs is 1. The first-order valence-electron chi connectivity index (χ1n) is 10.0. The lowest BCUT2D eigenvalue weighted by atomic mass is 9.75. The molecule has 3 rings (SSSR count). The summed E-state index contributed by atoms with van der Waals surface area (Å²) in [6, 6.07) is -0.291. The number of nitrogens with one attached hydrogen (secondary N) is 2. The minimum atomic E-state index is -0.291. The molecule has 0 radical (unpaired) electrons. The highest BCUT2D eigenvalue weighted by Gasteiger charge is 2.37.